The van der Waals surface area contributed by atoms with Gasteiger partial charge in [-0.1, -0.05) is 6.42 Å². The molecule has 0 aliphatic carbocycles. The summed E-state index contributed by atoms with van der Waals surface area (Å²) >= 11 is 7.53. The van der Waals surface area contributed by atoms with Crippen molar-refractivity contribution in [2.75, 3.05) is 31.5 Å². The van der Waals surface area contributed by atoms with Crippen LogP contribution in [0.1, 0.15) is 26.2 Å². The van der Waals surface area contributed by atoms with Gasteiger partial charge in [0.05, 0.1) is 0 Å². The SMILES string of the molecule is CSCC(C)N(C)CCCCCCl. The molecule has 0 aromatic heterocycles. The lowest BCUT2D eigenvalue weighted by Crippen LogP contribution is -2.31. The third kappa shape index (κ3) is 7.65. The first-order valence-electron chi connectivity index (χ1n) is 4.97. The number of unbranched alkanes of at least 4 members (excludes halogenated alkanes) is 2. The third-order valence-electron chi connectivity index (χ3n) is 2.30. The van der Waals surface area contributed by atoms with Crippen LogP contribution in [0.4, 0.5) is 0 Å². The van der Waals surface area contributed by atoms with Gasteiger partial charge in [-0.15, -0.1) is 11.6 Å². The number of nitrogens with zero attached hydrogens (tertiary/aromatic N) is 1. The predicted molar refractivity (Wildman–Crippen MR) is 65.0 cm³/mol. The standard InChI is InChI=1S/C10H22ClNS/c1-10(9-13-3)12(2)8-6-4-5-7-11/h10H,4-9H2,1-3H3. The first kappa shape index (κ1) is 13.6. The lowest BCUT2D eigenvalue weighted by molar-refractivity contribution is 0.272. The van der Waals surface area contributed by atoms with E-state index in [2.05, 4.69) is 25.1 Å². The zero-order chi connectivity index (χ0) is 10.1. The summed E-state index contributed by atoms with van der Waals surface area (Å²) in [5.41, 5.74) is 0. The van der Waals surface area contributed by atoms with E-state index in [0.29, 0.717) is 6.04 Å². The molecule has 1 nitrogen and oxygen atoms in total. The molecule has 0 saturated carbocycles. The predicted octanol–water partition coefficient (Wildman–Crippen LogP) is 3.08. The molecular formula is C10H22ClNS. The van der Waals surface area contributed by atoms with E-state index in [1.165, 1.54) is 25.1 Å². The van der Waals surface area contributed by atoms with E-state index in [-0.39, 0.29) is 0 Å². The highest BCUT2D eigenvalue weighted by Crippen LogP contribution is 2.06. The van der Waals surface area contributed by atoms with Gasteiger partial charge in [-0.25, -0.2) is 0 Å². The molecule has 0 aliphatic rings. The van der Waals surface area contributed by atoms with Crippen LogP contribution in [0.5, 0.6) is 0 Å². The summed E-state index contributed by atoms with van der Waals surface area (Å²) in [7, 11) is 2.21. The lowest BCUT2D eigenvalue weighted by Gasteiger charge is -2.23. The highest BCUT2D eigenvalue weighted by atomic mass is 35.5. The molecular weight excluding hydrogens is 202 g/mol. The molecule has 0 aromatic rings. The van der Waals surface area contributed by atoms with Crippen molar-refractivity contribution in [1.29, 1.82) is 0 Å². The van der Waals surface area contributed by atoms with Crippen LogP contribution in [-0.2, 0) is 0 Å². The summed E-state index contributed by atoms with van der Waals surface area (Å²) in [5.74, 6) is 2.04. The van der Waals surface area contributed by atoms with Crippen LogP contribution in [0.15, 0.2) is 0 Å². The van der Waals surface area contributed by atoms with Crippen LogP contribution in [0.2, 0.25) is 0 Å². The van der Waals surface area contributed by atoms with Crippen molar-refractivity contribution in [3.05, 3.63) is 0 Å². The van der Waals surface area contributed by atoms with E-state index < -0.39 is 0 Å². The number of halogens is 1. The molecule has 0 rings (SSSR count). The number of alkyl halides is 1. The van der Waals surface area contributed by atoms with Crippen molar-refractivity contribution in [2.24, 2.45) is 0 Å². The maximum atomic E-state index is 5.61. The van der Waals surface area contributed by atoms with Crippen molar-refractivity contribution in [1.82, 2.24) is 4.90 Å². The van der Waals surface area contributed by atoms with Crippen molar-refractivity contribution < 1.29 is 0 Å². The summed E-state index contributed by atoms with van der Waals surface area (Å²) in [5, 5.41) is 0. The second-order valence-electron chi connectivity index (χ2n) is 3.53. The monoisotopic (exact) mass is 223 g/mol. The minimum absolute atomic E-state index is 0.700. The Hall–Kier alpha value is 0.600. The maximum absolute atomic E-state index is 5.61. The van der Waals surface area contributed by atoms with Gasteiger partial charge in [0.25, 0.3) is 0 Å². The third-order valence-corrected chi connectivity index (χ3v) is 3.39. The molecule has 0 fully saturated rings. The zero-order valence-electron chi connectivity index (χ0n) is 9.05. The summed E-state index contributed by atoms with van der Waals surface area (Å²) in [6.45, 7) is 3.50. The molecule has 1 unspecified atom stereocenters. The Balaban J connectivity index is 3.32. The number of thioether (sulfide) groups is 1. The summed E-state index contributed by atoms with van der Waals surface area (Å²) in [4.78, 5) is 2.44. The van der Waals surface area contributed by atoms with Gasteiger partial charge in [-0.3, -0.25) is 0 Å². The minimum Gasteiger partial charge on any atom is -0.303 e. The number of rotatable bonds is 8. The van der Waals surface area contributed by atoms with Crippen molar-refractivity contribution in [3.63, 3.8) is 0 Å². The Kier molecular flexibility index (Phi) is 9.59. The highest BCUT2D eigenvalue weighted by molar-refractivity contribution is 7.98. The van der Waals surface area contributed by atoms with Crippen LogP contribution >= 0.6 is 23.4 Å². The normalized spacial score (nSPS) is 13.6. The Bertz CT molecular complexity index is 111. The van der Waals surface area contributed by atoms with Gasteiger partial charge in [0.1, 0.15) is 0 Å². The molecule has 80 valence electrons. The van der Waals surface area contributed by atoms with E-state index in [0.717, 1.165) is 12.3 Å². The van der Waals surface area contributed by atoms with Crippen molar-refractivity contribution >= 4 is 23.4 Å². The minimum atomic E-state index is 0.700. The first-order valence-corrected chi connectivity index (χ1v) is 6.90. The summed E-state index contributed by atoms with van der Waals surface area (Å²) < 4.78 is 0. The van der Waals surface area contributed by atoms with Gasteiger partial charge >= 0.3 is 0 Å². The Morgan fingerprint density at radius 1 is 1.31 bits per heavy atom. The quantitative estimate of drug-likeness (QED) is 0.460. The second-order valence-corrected chi connectivity index (χ2v) is 4.82. The molecule has 0 amide bonds. The van der Waals surface area contributed by atoms with Crippen LogP contribution in [0.25, 0.3) is 0 Å². The molecule has 3 heteroatoms. The smallest absolute Gasteiger partial charge is 0.0223 e. The fourth-order valence-electron chi connectivity index (χ4n) is 1.22. The average Bonchev–Trinajstić information content (AvgIpc) is 2.12. The van der Waals surface area contributed by atoms with E-state index in [4.69, 9.17) is 11.6 Å². The molecule has 13 heavy (non-hydrogen) atoms. The summed E-state index contributed by atoms with van der Waals surface area (Å²) in [6.07, 6.45) is 5.87. The Morgan fingerprint density at radius 2 is 2.00 bits per heavy atom. The fraction of sp³-hybridized carbons (Fsp3) is 1.00. The second kappa shape index (κ2) is 9.17. The van der Waals surface area contributed by atoms with Crippen LogP contribution < -0.4 is 0 Å². The van der Waals surface area contributed by atoms with Crippen LogP contribution in [0, 0.1) is 0 Å². The van der Waals surface area contributed by atoms with Crippen molar-refractivity contribution in [3.8, 4) is 0 Å². The zero-order valence-corrected chi connectivity index (χ0v) is 10.6. The molecule has 0 aromatic carbocycles. The highest BCUT2D eigenvalue weighted by Gasteiger charge is 2.06. The largest absolute Gasteiger partial charge is 0.303 e. The fourth-order valence-corrected chi connectivity index (χ4v) is 2.15. The van der Waals surface area contributed by atoms with Gasteiger partial charge < -0.3 is 4.90 Å². The molecule has 0 spiro atoms. The molecule has 0 aliphatic heterocycles. The molecule has 0 N–H and O–H groups in total. The maximum Gasteiger partial charge on any atom is 0.0223 e. The van der Waals surface area contributed by atoms with Crippen molar-refractivity contribution in [2.45, 2.75) is 32.2 Å². The van der Waals surface area contributed by atoms with Gasteiger partial charge in [-0.05, 0) is 39.6 Å². The van der Waals surface area contributed by atoms with Gasteiger partial charge in [0.2, 0.25) is 0 Å². The van der Waals surface area contributed by atoms with Crippen LogP contribution in [0.3, 0.4) is 0 Å². The Labute approximate surface area is 92.2 Å². The van der Waals surface area contributed by atoms with E-state index in [9.17, 15) is 0 Å². The van der Waals surface area contributed by atoms with Gasteiger partial charge in [0.15, 0.2) is 0 Å². The molecule has 0 heterocycles. The lowest BCUT2D eigenvalue weighted by atomic mass is 10.2. The Morgan fingerprint density at radius 3 is 2.54 bits per heavy atom. The van der Waals surface area contributed by atoms with E-state index in [1.54, 1.807) is 0 Å². The average molecular weight is 224 g/mol. The molecule has 0 bridgehead atoms. The topological polar surface area (TPSA) is 3.24 Å². The molecule has 0 radical (unpaired) electrons. The van der Waals surface area contributed by atoms with E-state index >= 15 is 0 Å². The molecule has 0 saturated heterocycles. The van der Waals surface area contributed by atoms with Crippen LogP contribution in [-0.4, -0.2) is 42.4 Å². The number of hydrogen-bond acceptors (Lipinski definition) is 2. The first-order chi connectivity index (χ1) is 6.22. The van der Waals surface area contributed by atoms with E-state index in [1.807, 2.05) is 11.8 Å². The number of hydrogen-bond donors (Lipinski definition) is 0. The summed E-state index contributed by atoms with van der Waals surface area (Å²) in [6, 6.07) is 0.700. The van der Waals surface area contributed by atoms with Gasteiger partial charge in [-0.2, -0.15) is 11.8 Å². The molecule has 1 atom stereocenters. The van der Waals surface area contributed by atoms with Gasteiger partial charge in [0, 0.05) is 17.7 Å².